The van der Waals surface area contributed by atoms with Crippen LogP contribution in [0.3, 0.4) is 0 Å². The monoisotopic (exact) mass is 505 g/mol. The Hall–Kier alpha value is -3.39. The molecule has 2 aromatic rings. The number of esters is 1. The Balaban J connectivity index is 1.43. The van der Waals surface area contributed by atoms with Crippen molar-refractivity contribution in [1.29, 1.82) is 0 Å². The molecule has 0 unspecified atom stereocenters. The largest absolute Gasteiger partial charge is 0.463 e. The van der Waals surface area contributed by atoms with Crippen LogP contribution in [0, 0.1) is 5.82 Å². The van der Waals surface area contributed by atoms with E-state index in [1.807, 2.05) is 17.5 Å². The SMILES string of the molecule is CCOC(=O)C1=C(C)N=C2SC=C(CC(=O)N[C@@H]3CCCc4ccccc43)N2[C@@H]1c1ccccc1F. The van der Waals surface area contributed by atoms with Crippen LogP contribution in [0.5, 0.6) is 0 Å². The number of rotatable bonds is 6. The van der Waals surface area contributed by atoms with Crippen LogP contribution in [0.15, 0.2) is 75.9 Å². The fourth-order valence-corrected chi connectivity index (χ4v) is 6.11. The summed E-state index contributed by atoms with van der Waals surface area (Å²) in [4.78, 5) is 32.7. The number of carbonyl (C=O) groups excluding carboxylic acids is 2. The van der Waals surface area contributed by atoms with E-state index in [9.17, 15) is 9.59 Å². The van der Waals surface area contributed by atoms with Crippen LogP contribution >= 0.6 is 11.8 Å². The van der Waals surface area contributed by atoms with E-state index in [4.69, 9.17) is 4.74 Å². The third kappa shape index (κ3) is 4.57. The predicted molar refractivity (Wildman–Crippen MR) is 138 cm³/mol. The van der Waals surface area contributed by atoms with Gasteiger partial charge in [0.05, 0.1) is 36.4 Å². The van der Waals surface area contributed by atoms with Crippen LogP contribution in [0.2, 0.25) is 0 Å². The lowest BCUT2D eigenvalue weighted by Crippen LogP contribution is -2.39. The number of nitrogens with one attached hydrogen (secondary N) is 1. The highest BCUT2D eigenvalue weighted by atomic mass is 32.2. The van der Waals surface area contributed by atoms with Gasteiger partial charge in [-0.3, -0.25) is 4.79 Å². The number of thioether (sulfide) groups is 1. The minimum atomic E-state index is -0.776. The molecule has 2 aromatic carbocycles. The molecule has 1 aliphatic carbocycles. The highest BCUT2D eigenvalue weighted by molar-refractivity contribution is 8.16. The smallest absolute Gasteiger partial charge is 0.338 e. The lowest BCUT2D eigenvalue weighted by molar-refractivity contribution is -0.139. The molecule has 5 rings (SSSR count). The molecule has 2 heterocycles. The van der Waals surface area contributed by atoms with Crippen molar-refractivity contribution in [3.8, 4) is 0 Å². The van der Waals surface area contributed by atoms with Gasteiger partial charge in [0.1, 0.15) is 5.82 Å². The second-order valence-electron chi connectivity index (χ2n) is 9.02. The molecule has 2 aliphatic heterocycles. The summed E-state index contributed by atoms with van der Waals surface area (Å²) in [6.07, 6.45) is 3.01. The second kappa shape index (κ2) is 10.3. The highest BCUT2D eigenvalue weighted by Gasteiger charge is 2.42. The Bertz CT molecular complexity index is 1300. The van der Waals surface area contributed by atoms with E-state index >= 15 is 4.39 Å². The van der Waals surface area contributed by atoms with Crippen LogP contribution in [-0.2, 0) is 20.7 Å². The Morgan fingerprint density at radius 3 is 2.69 bits per heavy atom. The number of amidine groups is 1. The van der Waals surface area contributed by atoms with Gasteiger partial charge in [-0.1, -0.05) is 54.2 Å². The molecule has 0 aromatic heterocycles. The van der Waals surface area contributed by atoms with Gasteiger partial charge in [0, 0.05) is 11.3 Å². The van der Waals surface area contributed by atoms with Gasteiger partial charge in [0.2, 0.25) is 5.91 Å². The first-order valence-electron chi connectivity index (χ1n) is 12.2. The number of hydrogen-bond donors (Lipinski definition) is 1. The van der Waals surface area contributed by atoms with Crippen LogP contribution < -0.4 is 5.32 Å². The van der Waals surface area contributed by atoms with Gasteiger partial charge in [0.15, 0.2) is 5.17 Å². The molecule has 2 atom stereocenters. The number of benzene rings is 2. The first kappa shape index (κ1) is 24.3. The first-order chi connectivity index (χ1) is 17.5. The maximum Gasteiger partial charge on any atom is 0.338 e. The van der Waals surface area contributed by atoms with Gasteiger partial charge in [-0.15, -0.1) is 0 Å². The average Bonchev–Trinajstić information content (AvgIpc) is 3.25. The number of amides is 1. The maximum absolute atomic E-state index is 15.1. The Morgan fingerprint density at radius 1 is 1.17 bits per heavy atom. The summed E-state index contributed by atoms with van der Waals surface area (Å²) in [5.41, 5.74) is 4.21. The summed E-state index contributed by atoms with van der Waals surface area (Å²) in [7, 11) is 0. The van der Waals surface area contributed by atoms with Crippen LogP contribution in [0.25, 0.3) is 0 Å². The molecule has 0 bridgehead atoms. The third-order valence-electron chi connectivity index (χ3n) is 6.74. The minimum Gasteiger partial charge on any atom is -0.463 e. The number of halogens is 1. The minimum absolute atomic E-state index is 0.0359. The molecule has 0 fully saturated rings. The topological polar surface area (TPSA) is 71.0 Å². The molecule has 0 radical (unpaired) electrons. The molecular weight excluding hydrogens is 477 g/mol. The summed E-state index contributed by atoms with van der Waals surface area (Å²) >= 11 is 1.37. The van der Waals surface area contributed by atoms with Crippen molar-refractivity contribution < 1.29 is 18.7 Å². The molecule has 3 aliphatic rings. The van der Waals surface area contributed by atoms with E-state index in [1.54, 1.807) is 36.9 Å². The van der Waals surface area contributed by atoms with Gasteiger partial charge in [-0.2, -0.15) is 0 Å². The zero-order chi connectivity index (χ0) is 25.2. The normalized spacial score (nSPS) is 20.8. The number of allylic oxidation sites excluding steroid dienone is 1. The number of fused-ring (bicyclic) bond motifs is 2. The van der Waals surface area contributed by atoms with E-state index in [0.29, 0.717) is 22.1 Å². The summed E-state index contributed by atoms with van der Waals surface area (Å²) in [6, 6.07) is 13.8. The second-order valence-corrected chi connectivity index (χ2v) is 9.86. The molecule has 6 nitrogen and oxygen atoms in total. The predicted octanol–water partition coefficient (Wildman–Crippen LogP) is 5.55. The average molecular weight is 506 g/mol. The maximum atomic E-state index is 15.1. The lowest BCUT2D eigenvalue weighted by Gasteiger charge is -2.36. The number of aryl methyl sites for hydroxylation is 1. The number of ether oxygens (including phenoxy) is 1. The van der Waals surface area contributed by atoms with Gasteiger partial charge in [-0.05, 0) is 55.7 Å². The van der Waals surface area contributed by atoms with Gasteiger partial charge in [0.25, 0.3) is 0 Å². The van der Waals surface area contributed by atoms with E-state index in [-0.39, 0.29) is 30.5 Å². The molecular formula is C28H28FN3O3S. The van der Waals surface area contributed by atoms with Crippen molar-refractivity contribution in [1.82, 2.24) is 10.2 Å². The van der Waals surface area contributed by atoms with E-state index in [2.05, 4.69) is 22.4 Å². The number of aliphatic imine (C=N–C) groups is 1. The molecule has 0 saturated carbocycles. The van der Waals surface area contributed by atoms with Crippen LogP contribution in [-0.4, -0.2) is 28.6 Å². The van der Waals surface area contributed by atoms with Crippen LogP contribution in [0.1, 0.15) is 61.9 Å². The van der Waals surface area contributed by atoms with E-state index < -0.39 is 17.8 Å². The Morgan fingerprint density at radius 2 is 1.92 bits per heavy atom. The Kier molecular flexibility index (Phi) is 6.96. The molecule has 1 N–H and O–H groups in total. The first-order valence-corrected chi connectivity index (χ1v) is 13.1. The van der Waals surface area contributed by atoms with E-state index in [1.165, 1.54) is 29.0 Å². The molecule has 186 valence electrons. The summed E-state index contributed by atoms with van der Waals surface area (Å²) < 4.78 is 20.4. The number of nitrogens with zero attached hydrogens (tertiary/aromatic N) is 2. The molecule has 8 heteroatoms. The Labute approximate surface area is 214 Å². The fraction of sp³-hybridized carbons (Fsp3) is 0.321. The third-order valence-corrected chi connectivity index (χ3v) is 7.63. The van der Waals surface area contributed by atoms with Crippen molar-refractivity contribution in [2.45, 2.75) is 51.6 Å². The quantitative estimate of drug-likeness (QED) is 0.522. The van der Waals surface area contributed by atoms with Crippen LogP contribution in [0.4, 0.5) is 4.39 Å². The fourth-order valence-electron chi connectivity index (χ4n) is 5.14. The summed E-state index contributed by atoms with van der Waals surface area (Å²) in [6.45, 7) is 3.66. The highest BCUT2D eigenvalue weighted by Crippen LogP contribution is 2.45. The van der Waals surface area contributed by atoms with Crippen molar-refractivity contribution in [3.05, 3.63) is 93.4 Å². The zero-order valence-corrected chi connectivity index (χ0v) is 21.1. The molecule has 0 saturated heterocycles. The van der Waals surface area contributed by atoms with Gasteiger partial charge >= 0.3 is 5.97 Å². The molecule has 36 heavy (non-hydrogen) atoms. The van der Waals surface area contributed by atoms with Crippen molar-refractivity contribution in [2.75, 3.05) is 6.61 Å². The van der Waals surface area contributed by atoms with Gasteiger partial charge < -0.3 is 15.0 Å². The van der Waals surface area contributed by atoms with Crippen molar-refractivity contribution in [3.63, 3.8) is 0 Å². The number of hydrogen-bond acceptors (Lipinski definition) is 6. The standard InChI is InChI=1S/C28H28FN3O3S/c1-3-35-27(34)25-17(2)30-28-32(26(25)21-12-6-7-13-22(21)29)19(16-36-28)15-24(33)31-23-14-8-10-18-9-4-5-11-20(18)23/h4-7,9,11-13,16,23,26H,3,8,10,14-15H2,1-2H3,(H,31,33)/t23-,26-/m1/s1. The lowest BCUT2D eigenvalue weighted by atomic mass is 9.87. The summed E-state index contributed by atoms with van der Waals surface area (Å²) in [5, 5.41) is 5.67. The van der Waals surface area contributed by atoms with Crippen molar-refractivity contribution >= 4 is 28.8 Å². The van der Waals surface area contributed by atoms with Crippen molar-refractivity contribution in [2.24, 2.45) is 4.99 Å². The molecule has 1 amide bonds. The van der Waals surface area contributed by atoms with E-state index in [0.717, 1.165) is 19.3 Å². The molecule has 0 spiro atoms. The zero-order valence-electron chi connectivity index (χ0n) is 20.3. The summed E-state index contributed by atoms with van der Waals surface area (Å²) in [5.74, 6) is -1.09. The number of carbonyl (C=O) groups is 2. The van der Waals surface area contributed by atoms with Gasteiger partial charge in [-0.25, -0.2) is 14.2 Å².